The van der Waals surface area contributed by atoms with Gasteiger partial charge in [-0.3, -0.25) is 0 Å². The molecule has 0 amide bonds. The first-order valence-corrected chi connectivity index (χ1v) is 9.44. The van der Waals surface area contributed by atoms with Crippen LogP contribution in [-0.2, 0) is 14.9 Å². The SMILES string of the molecule is CCOC1CCCN(S(=O)(=O)N2CCCC2c2ccco2)C1. The first-order chi connectivity index (χ1) is 10.6. The van der Waals surface area contributed by atoms with Crippen molar-refractivity contribution < 1.29 is 17.6 Å². The minimum Gasteiger partial charge on any atom is -0.468 e. The molecule has 3 rings (SSSR count). The molecule has 22 heavy (non-hydrogen) atoms. The van der Waals surface area contributed by atoms with Crippen molar-refractivity contribution in [2.45, 2.75) is 44.8 Å². The summed E-state index contributed by atoms with van der Waals surface area (Å²) in [6.07, 6.45) is 5.08. The van der Waals surface area contributed by atoms with Gasteiger partial charge in [-0.05, 0) is 44.7 Å². The lowest BCUT2D eigenvalue weighted by Gasteiger charge is -2.35. The van der Waals surface area contributed by atoms with E-state index in [4.69, 9.17) is 9.15 Å². The molecule has 0 N–H and O–H groups in total. The molecule has 2 fully saturated rings. The fraction of sp³-hybridized carbons (Fsp3) is 0.733. The first-order valence-electron chi connectivity index (χ1n) is 8.05. The second-order valence-electron chi connectivity index (χ2n) is 5.87. The quantitative estimate of drug-likeness (QED) is 0.831. The highest BCUT2D eigenvalue weighted by atomic mass is 32.2. The van der Waals surface area contributed by atoms with Crippen LogP contribution in [0.25, 0.3) is 0 Å². The lowest BCUT2D eigenvalue weighted by molar-refractivity contribution is 0.0249. The van der Waals surface area contributed by atoms with Crippen LogP contribution in [0, 0.1) is 0 Å². The molecule has 0 radical (unpaired) electrons. The van der Waals surface area contributed by atoms with E-state index >= 15 is 0 Å². The van der Waals surface area contributed by atoms with E-state index in [-0.39, 0.29) is 12.1 Å². The number of rotatable bonds is 5. The summed E-state index contributed by atoms with van der Waals surface area (Å²) in [5.74, 6) is 0.736. The molecule has 1 aromatic heterocycles. The molecule has 0 saturated carbocycles. The molecule has 2 atom stereocenters. The van der Waals surface area contributed by atoms with E-state index in [1.807, 2.05) is 19.1 Å². The fourth-order valence-electron chi connectivity index (χ4n) is 3.42. The van der Waals surface area contributed by atoms with Gasteiger partial charge in [0.2, 0.25) is 0 Å². The van der Waals surface area contributed by atoms with Gasteiger partial charge < -0.3 is 9.15 Å². The first kappa shape index (κ1) is 16.0. The van der Waals surface area contributed by atoms with Crippen molar-refractivity contribution in [1.82, 2.24) is 8.61 Å². The number of piperidine rings is 1. The molecule has 3 heterocycles. The average Bonchev–Trinajstić information content (AvgIpc) is 3.19. The zero-order valence-corrected chi connectivity index (χ0v) is 13.8. The Bertz CT molecular complexity index is 570. The summed E-state index contributed by atoms with van der Waals surface area (Å²) in [6.45, 7) is 4.16. The minimum atomic E-state index is -3.46. The van der Waals surface area contributed by atoms with Crippen LogP contribution in [0.3, 0.4) is 0 Å². The second kappa shape index (κ2) is 6.70. The minimum absolute atomic E-state index is 0.0122. The Morgan fingerprint density at radius 3 is 2.86 bits per heavy atom. The molecule has 0 aromatic carbocycles. The van der Waals surface area contributed by atoms with Crippen LogP contribution in [0.5, 0.6) is 0 Å². The maximum absolute atomic E-state index is 13.0. The normalized spacial score (nSPS) is 28.2. The van der Waals surface area contributed by atoms with Gasteiger partial charge in [-0.2, -0.15) is 17.0 Å². The Hall–Kier alpha value is -0.890. The summed E-state index contributed by atoms with van der Waals surface area (Å²) in [5, 5.41) is 0. The highest BCUT2D eigenvalue weighted by Gasteiger charge is 2.41. The Balaban J connectivity index is 1.77. The van der Waals surface area contributed by atoms with Gasteiger partial charge in [0.15, 0.2) is 0 Å². The monoisotopic (exact) mass is 328 g/mol. The van der Waals surface area contributed by atoms with Crippen LogP contribution in [-0.4, -0.2) is 49.4 Å². The van der Waals surface area contributed by atoms with E-state index in [1.54, 1.807) is 14.9 Å². The molecule has 2 saturated heterocycles. The maximum atomic E-state index is 13.0. The highest BCUT2D eigenvalue weighted by Crippen LogP contribution is 2.36. The maximum Gasteiger partial charge on any atom is 0.282 e. The Kier molecular flexibility index (Phi) is 4.87. The molecule has 6 nitrogen and oxygen atoms in total. The van der Waals surface area contributed by atoms with Gasteiger partial charge in [-0.1, -0.05) is 0 Å². The Morgan fingerprint density at radius 2 is 2.14 bits per heavy atom. The predicted octanol–water partition coefficient (Wildman–Crippen LogP) is 2.16. The zero-order valence-electron chi connectivity index (χ0n) is 13.0. The van der Waals surface area contributed by atoms with Crippen LogP contribution in [0.1, 0.15) is 44.4 Å². The van der Waals surface area contributed by atoms with Crippen molar-refractivity contribution in [3.8, 4) is 0 Å². The molecular formula is C15H24N2O4S. The zero-order chi connectivity index (χ0) is 15.6. The molecule has 124 valence electrons. The third-order valence-electron chi connectivity index (χ3n) is 4.44. The van der Waals surface area contributed by atoms with Crippen molar-refractivity contribution in [2.24, 2.45) is 0 Å². The van der Waals surface area contributed by atoms with Crippen LogP contribution in [0.2, 0.25) is 0 Å². The third kappa shape index (κ3) is 3.08. The van der Waals surface area contributed by atoms with Crippen molar-refractivity contribution in [3.05, 3.63) is 24.2 Å². The van der Waals surface area contributed by atoms with E-state index in [9.17, 15) is 8.42 Å². The van der Waals surface area contributed by atoms with E-state index in [0.29, 0.717) is 26.2 Å². The van der Waals surface area contributed by atoms with Gasteiger partial charge in [-0.25, -0.2) is 0 Å². The molecule has 0 spiro atoms. The molecule has 0 bridgehead atoms. The summed E-state index contributed by atoms with van der Waals surface area (Å²) in [6, 6.07) is 3.50. The summed E-state index contributed by atoms with van der Waals surface area (Å²) in [5.41, 5.74) is 0. The van der Waals surface area contributed by atoms with E-state index in [0.717, 1.165) is 31.4 Å². The van der Waals surface area contributed by atoms with Gasteiger partial charge in [0.1, 0.15) is 5.76 Å². The van der Waals surface area contributed by atoms with Crippen LogP contribution in [0.4, 0.5) is 0 Å². The molecule has 1 aromatic rings. The molecule has 0 aliphatic carbocycles. The second-order valence-corrected chi connectivity index (χ2v) is 7.75. The van der Waals surface area contributed by atoms with Crippen LogP contribution >= 0.6 is 0 Å². The van der Waals surface area contributed by atoms with E-state index in [1.165, 1.54) is 0 Å². The largest absolute Gasteiger partial charge is 0.468 e. The fourth-order valence-corrected chi connectivity index (χ4v) is 5.32. The Morgan fingerprint density at radius 1 is 1.32 bits per heavy atom. The van der Waals surface area contributed by atoms with Gasteiger partial charge >= 0.3 is 0 Å². The summed E-state index contributed by atoms with van der Waals surface area (Å²) in [7, 11) is -3.46. The predicted molar refractivity (Wildman–Crippen MR) is 82.5 cm³/mol. The number of hydrogen-bond donors (Lipinski definition) is 0. The molecule has 7 heteroatoms. The smallest absolute Gasteiger partial charge is 0.282 e. The van der Waals surface area contributed by atoms with E-state index < -0.39 is 10.2 Å². The van der Waals surface area contributed by atoms with E-state index in [2.05, 4.69) is 0 Å². The average molecular weight is 328 g/mol. The van der Waals surface area contributed by atoms with Crippen LogP contribution in [0.15, 0.2) is 22.8 Å². The molecule has 2 aliphatic heterocycles. The van der Waals surface area contributed by atoms with Crippen molar-refractivity contribution >= 4 is 10.2 Å². The number of furan rings is 1. The molecular weight excluding hydrogens is 304 g/mol. The van der Waals surface area contributed by atoms with Crippen molar-refractivity contribution in [2.75, 3.05) is 26.2 Å². The summed E-state index contributed by atoms with van der Waals surface area (Å²) < 4.78 is 40.2. The van der Waals surface area contributed by atoms with Gasteiger partial charge in [0.05, 0.1) is 18.4 Å². The Labute approximate surface area is 132 Å². The lowest BCUT2D eigenvalue weighted by Crippen LogP contribution is -2.49. The summed E-state index contributed by atoms with van der Waals surface area (Å²) >= 11 is 0. The molecule has 2 aliphatic rings. The number of ether oxygens (including phenoxy) is 1. The summed E-state index contributed by atoms with van der Waals surface area (Å²) in [4.78, 5) is 0. The van der Waals surface area contributed by atoms with Gasteiger partial charge in [-0.15, -0.1) is 0 Å². The topological polar surface area (TPSA) is 63.0 Å². The van der Waals surface area contributed by atoms with Gasteiger partial charge in [0, 0.05) is 26.2 Å². The van der Waals surface area contributed by atoms with Crippen LogP contribution < -0.4 is 0 Å². The number of nitrogens with zero attached hydrogens (tertiary/aromatic N) is 2. The highest BCUT2D eigenvalue weighted by molar-refractivity contribution is 7.86. The molecule has 2 unspecified atom stereocenters. The standard InChI is InChI=1S/C15H24N2O4S/c1-2-20-13-6-3-9-16(12-13)22(18,19)17-10-4-7-14(17)15-8-5-11-21-15/h5,8,11,13-14H,2-4,6-7,9-10,12H2,1H3. The third-order valence-corrected chi connectivity index (χ3v) is 6.46. The van der Waals surface area contributed by atoms with Crippen molar-refractivity contribution in [1.29, 1.82) is 0 Å². The van der Waals surface area contributed by atoms with Crippen molar-refractivity contribution in [3.63, 3.8) is 0 Å². The van der Waals surface area contributed by atoms with Gasteiger partial charge in [0.25, 0.3) is 10.2 Å². The lowest BCUT2D eigenvalue weighted by atomic mass is 10.1. The number of hydrogen-bond acceptors (Lipinski definition) is 4.